The van der Waals surface area contributed by atoms with Crippen LogP contribution in [0.1, 0.15) is 46.2 Å². The van der Waals surface area contributed by atoms with Crippen molar-refractivity contribution in [3.8, 4) is 5.75 Å². The molecule has 1 aliphatic heterocycles. The van der Waals surface area contributed by atoms with E-state index in [1.54, 1.807) is 6.92 Å². The lowest BCUT2D eigenvalue weighted by molar-refractivity contribution is 0.0724. The van der Waals surface area contributed by atoms with Crippen molar-refractivity contribution in [2.45, 2.75) is 38.4 Å². The fraction of sp³-hybridized carbons (Fsp3) is 0.381. The first-order valence-corrected chi connectivity index (χ1v) is 9.94. The van der Waals surface area contributed by atoms with Gasteiger partial charge in [0.1, 0.15) is 23.9 Å². The first-order valence-electron chi connectivity index (χ1n) is 9.94. The van der Waals surface area contributed by atoms with Gasteiger partial charge in [-0.2, -0.15) is 0 Å². The number of hydrogen-bond donors (Lipinski definition) is 3. The normalized spacial score (nSPS) is 18.8. The standard InChI is InChI=1S/C21H23F3N4O4/c1-11-3-6-14(8-22)26-28-10-15(18(29)19(30)17(28)21(32)27(11)2)20(31)25-9-12-4-5-13(23)7-16(12)24/h4-5,7,10-11,14,26,30H,3,6,8-9H2,1-2H3,(H,25,31)/t11-,14-/m0/s1. The van der Waals surface area contributed by atoms with Gasteiger partial charge in [-0.05, 0) is 25.8 Å². The zero-order valence-corrected chi connectivity index (χ0v) is 17.5. The molecule has 3 N–H and O–H groups in total. The van der Waals surface area contributed by atoms with Gasteiger partial charge in [-0.25, -0.2) is 13.2 Å². The second-order valence-corrected chi connectivity index (χ2v) is 7.68. The van der Waals surface area contributed by atoms with Crippen LogP contribution < -0.4 is 16.2 Å². The van der Waals surface area contributed by atoms with Crippen molar-refractivity contribution in [3.05, 3.63) is 63.1 Å². The van der Waals surface area contributed by atoms with Gasteiger partial charge in [-0.15, -0.1) is 0 Å². The first kappa shape index (κ1) is 23.2. The number of rotatable bonds is 4. The summed E-state index contributed by atoms with van der Waals surface area (Å²) in [4.78, 5) is 39.5. The van der Waals surface area contributed by atoms with Gasteiger partial charge in [0.25, 0.3) is 11.8 Å². The molecule has 0 bridgehead atoms. The molecule has 172 valence electrons. The van der Waals surface area contributed by atoms with E-state index in [0.29, 0.717) is 18.9 Å². The van der Waals surface area contributed by atoms with E-state index in [1.165, 1.54) is 11.9 Å². The Morgan fingerprint density at radius 1 is 1.28 bits per heavy atom. The summed E-state index contributed by atoms with van der Waals surface area (Å²) in [5, 5.41) is 12.8. The molecule has 1 aliphatic rings. The minimum Gasteiger partial charge on any atom is -0.502 e. The van der Waals surface area contributed by atoms with E-state index < -0.39 is 58.6 Å². The Kier molecular flexibility index (Phi) is 6.75. The molecule has 0 spiro atoms. The zero-order chi connectivity index (χ0) is 23.6. The summed E-state index contributed by atoms with van der Waals surface area (Å²) in [6, 6.07) is 1.79. The molecule has 0 unspecified atom stereocenters. The van der Waals surface area contributed by atoms with E-state index in [-0.39, 0.29) is 18.2 Å². The van der Waals surface area contributed by atoms with E-state index in [0.717, 1.165) is 23.0 Å². The van der Waals surface area contributed by atoms with Gasteiger partial charge < -0.3 is 20.7 Å². The minimum absolute atomic E-state index is 0.0202. The van der Waals surface area contributed by atoms with Crippen LogP contribution in [0.15, 0.2) is 29.2 Å². The maximum absolute atomic E-state index is 13.8. The van der Waals surface area contributed by atoms with Gasteiger partial charge in [0, 0.05) is 37.5 Å². The summed E-state index contributed by atoms with van der Waals surface area (Å²) in [5.74, 6) is -4.27. The number of benzene rings is 1. The second-order valence-electron chi connectivity index (χ2n) is 7.68. The third-order valence-electron chi connectivity index (χ3n) is 5.51. The molecule has 0 radical (unpaired) electrons. The van der Waals surface area contributed by atoms with Gasteiger partial charge in [0.05, 0.1) is 6.04 Å². The fourth-order valence-corrected chi connectivity index (χ4v) is 3.38. The molecule has 11 heteroatoms. The van der Waals surface area contributed by atoms with E-state index in [9.17, 15) is 32.7 Å². The summed E-state index contributed by atoms with van der Waals surface area (Å²) < 4.78 is 41.3. The summed E-state index contributed by atoms with van der Waals surface area (Å²) in [7, 11) is 1.49. The number of carbonyl (C=O) groups is 2. The molecule has 0 saturated carbocycles. The van der Waals surface area contributed by atoms with Crippen LogP contribution in [0.25, 0.3) is 0 Å². The molecule has 1 aromatic carbocycles. The Bertz CT molecular complexity index is 1110. The third-order valence-corrected chi connectivity index (χ3v) is 5.51. The van der Waals surface area contributed by atoms with E-state index in [1.807, 2.05) is 0 Å². The highest BCUT2D eigenvalue weighted by Gasteiger charge is 2.30. The molecule has 0 aliphatic carbocycles. The summed E-state index contributed by atoms with van der Waals surface area (Å²) in [6.07, 6.45) is 1.82. The number of amides is 2. The highest BCUT2D eigenvalue weighted by Crippen LogP contribution is 2.21. The zero-order valence-electron chi connectivity index (χ0n) is 17.5. The van der Waals surface area contributed by atoms with Crippen LogP contribution in [0.5, 0.6) is 5.75 Å². The largest absolute Gasteiger partial charge is 0.502 e. The van der Waals surface area contributed by atoms with E-state index in [4.69, 9.17) is 0 Å². The number of nitrogens with one attached hydrogen (secondary N) is 2. The van der Waals surface area contributed by atoms with Crippen molar-refractivity contribution in [1.82, 2.24) is 14.9 Å². The highest BCUT2D eigenvalue weighted by atomic mass is 19.1. The van der Waals surface area contributed by atoms with Crippen LogP contribution in [0.3, 0.4) is 0 Å². The van der Waals surface area contributed by atoms with Crippen LogP contribution in [-0.4, -0.2) is 52.3 Å². The monoisotopic (exact) mass is 452 g/mol. The van der Waals surface area contributed by atoms with Crippen LogP contribution in [0.4, 0.5) is 13.2 Å². The number of aromatic hydroxyl groups is 1. The summed E-state index contributed by atoms with van der Waals surface area (Å²) in [6.45, 7) is 0.614. The second kappa shape index (κ2) is 9.33. The van der Waals surface area contributed by atoms with Gasteiger partial charge >= 0.3 is 0 Å². The Morgan fingerprint density at radius 3 is 2.66 bits per heavy atom. The van der Waals surface area contributed by atoms with Gasteiger partial charge in [0.2, 0.25) is 5.43 Å². The number of pyridine rings is 1. The van der Waals surface area contributed by atoms with Crippen LogP contribution >= 0.6 is 0 Å². The maximum atomic E-state index is 13.8. The van der Waals surface area contributed by atoms with Crippen molar-refractivity contribution in [3.63, 3.8) is 0 Å². The number of hydrogen-bond acceptors (Lipinski definition) is 5. The molecule has 0 saturated heterocycles. The molecular formula is C21H23F3N4O4. The number of aromatic nitrogens is 1. The smallest absolute Gasteiger partial charge is 0.276 e. The molecule has 3 rings (SSSR count). The Balaban J connectivity index is 1.98. The Morgan fingerprint density at radius 2 is 2.00 bits per heavy atom. The topological polar surface area (TPSA) is 104 Å². The summed E-state index contributed by atoms with van der Waals surface area (Å²) >= 11 is 0. The van der Waals surface area contributed by atoms with Crippen molar-refractivity contribution in [1.29, 1.82) is 0 Å². The van der Waals surface area contributed by atoms with Crippen LogP contribution in [0, 0.1) is 11.6 Å². The lowest BCUT2D eigenvalue weighted by atomic mass is 10.1. The lowest BCUT2D eigenvalue weighted by Gasteiger charge is -2.24. The van der Waals surface area contributed by atoms with Crippen LogP contribution in [-0.2, 0) is 6.54 Å². The molecular weight excluding hydrogens is 429 g/mol. The van der Waals surface area contributed by atoms with Crippen molar-refractivity contribution in [2.75, 3.05) is 19.1 Å². The molecule has 8 nitrogen and oxygen atoms in total. The Hall–Kier alpha value is -3.50. The minimum atomic E-state index is -1.11. The predicted molar refractivity (Wildman–Crippen MR) is 110 cm³/mol. The number of alkyl halides is 1. The number of nitrogens with zero attached hydrogens (tertiary/aromatic N) is 2. The molecule has 2 heterocycles. The fourth-order valence-electron chi connectivity index (χ4n) is 3.38. The van der Waals surface area contributed by atoms with E-state index in [2.05, 4.69) is 10.7 Å². The van der Waals surface area contributed by atoms with Gasteiger partial charge in [-0.1, -0.05) is 6.07 Å². The third kappa shape index (κ3) is 4.56. The lowest BCUT2D eigenvalue weighted by Crippen LogP contribution is -2.39. The Labute approximate surface area is 181 Å². The predicted octanol–water partition coefficient (Wildman–Crippen LogP) is 1.90. The van der Waals surface area contributed by atoms with Crippen LogP contribution in [0.2, 0.25) is 0 Å². The van der Waals surface area contributed by atoms with Crippen molar-refractivity contribution >= 4 is 11.8 Å². The summed E-state index contributed by atoms with van der Waals surface area (Å²) in [5.41, 5.74) is 0.631. The number of carbonyl (C=O) groups excluding carboxylic acids is 2. The number of fused-ring (bicyclic) bond motifs is 1. The van der Waals surface area contributed by atoms with Gasteiger partial charge in [0.15, 0.2) is 11.4 Å². The maximum Gasteiger partial charge on any atom is 0.276 e. The molecule has 1 aromatic heterocycles. The molecule has 32 heavy (non-hydrogen) atoms. The first-order chi connectivity index (χ1) is 15.1. The van der Waals surface area contributed by atoms with Gasteiger partial charge in [-0.3, -0.25) is 19.1 Å². The van der Waals surface area contributed by atoms with E-state index >= 15 is 0 Å². The quantitative estimate of drug-likeness (QED) is 0.658. The van der Waals surface area contributed by atoms with Crippen molar-refractivity contribution < 1.29 is 27.9 Å². The average molecular weight is 452 g/mol. The molecule has 2 amide bonds. The highest BCUT2D eigenvalue weighted by molar-refractivity contribution is 5.98. The number of halogens is 3. The molecule has 0 fully saturated rings. The average Bonchev–Trinajstić information content (AvgIpc) is 2.80. The van der Waals surface area contributed by atoms with Crippen molar-refractivity contribution in [2.24, 2.45) is 0 Å². The SMILES string of the molecule is C[C@H]1CC[C@@H](CF)Nn2cc(C(=O)NCc3ccc(F)cc3F)c(=O)c(O)c2C(=O)N1C. The molecule has 2 atom stereocenters. The molecule has 2 aromatic rings.